The molecule has 0 bridgehead atoms. The first-order chi connectivity index (χ1) is 6.83. The Morgan fingerprint density at radius 1 is 1.43 bits per heavy atom. The third-order valence-corrected chi connectivity index (χ3v) is 2.34. The highest BCUT2D eigenvalue weighted by atomic mass is 16.2. The summed E-state index contributed by atoms with van der Waals surface area (Å²) in [5.74, 6) is 0.139. The summed E-state index contributed by atoms with van der Waals surface area (Å²) in [4.78, 5) is 11.6. The maximum Gasteiger partial charge on any atom is 0.245 e. The van der Waals surface area contributed by atoms with E-state index < -0.39 is 0 Å². The van der Waals surface area contributed by atoms with Crippen LogP contribution >= 0.6 is 0 Å². The van der Waals surface area contributed by atoms with Crippen molar-refractivity contribution >= 4 is 11.6 Å². The van der Waals surface area contributed by atoms with Crippen molar-refractivity contribution in [1.29, 1.82) is 0 Å². The average Bonchev–Trinajstić information content (AvgIpc) is 2.51. The van der Waals surface area contributed by atoms with Crippen LogP contribution in [0.4, 0.5) is 5.69 Å². The number of carbonyl (C=O) groups excluding carboxylic acids is 1. The molecule has 0 unspecified atom stereocenters. The highest BCUT2D eigenvalue weighted by molar-refractivity contribution is 6.00. The number of nitrogens with one attached hydrogen (secondary N) is 1. The molecule has 1 heterocycles. The molecule has 0 radical (unpaired) electrons. The molecule has 0 fully saturated rings. The van der Waals surface area contributed by atoms with E-state index in [1.165, 1.54) is 0 Å². The maximum atomic E-state index is 11.6. The van der Waals surface area contributed by atoms with E-state index >= 15 is 0 Å². The first kappa shape index (κ1) is 9.21. The van der Waals surface area contributed by atoms with Gasteiger partial charge in [-0.25, -0.2) is 10.4 Å². The van der Waals surface area contributed by atoms with Crippen LogP contribution in [0.5, 0.6) is 0 Å². The van der Waals surface area contributed by atoms with Gasteiger partial charge in [-0.1, -0.05) is 25.1 Å². The van der Waals surface area contributed by atoms with Gasteiger partial charge in [0, 0.05) is 6.54 Å². The Balaban J connectivity index is 2.21. The Hall–Kier alpha value is -1.35. The molecule has 0 saturated heterocycles. The Bertz CT molecular complexity index is 349. The standard InChI is InChI=1S/C11H14N2O/c1-2-7-12-13-10-6-4-3-5-9(10)8-11(13)14/h3-6,12H,2,7-8H2,1H3. The van der Waals surface area contributed by atoms with Gasteiger partial charge in [0.25, 0.3) is 0 Å². The molecule has 1 amide bonds. The van der Waals surface area contributed by atoms with Crippen molar-refractivity contribution in [2.75, 3.05) is 11.6 Å². The highest BCUT2D eigenvalue weighted by Crippen LogP contribution is 2.26. The summed E-state index contributed by atoms with van der Waals surface area (Å²) in [6.07, 6.45) is 1.54. The topological polar surface area (TPSA) is 32.3 Å². The lowest BCUT2D eigenvalue weighted by molar-refractivity contribution is -0.118. The zero-order chi connectivity index (χ0) is 9.97. The van der Waals surface area contributed by atoms with Crippen LogP contribution < -0.4 is 10.4 Å². The number of para-hydroxylation sites is 1. The van der Waals surface area contributed by atoms with E-state index in [0.29, 0.717) is 6.42 Å². The molecule has 74 valence electrons. The van der Waals surface area contributed by atoms with Gasteiger partial charge in [0.05, 0.1) is 12.1 Å². The van der Waals surface area contributed by atoms with Crippen molar-refractivity contribution in [3.63, 3.8) is 0 Å². The predicted octanol–water partition coefficient (Wildman–Crippen LogP) is 1.49. The van der Waals surface area contributed by atoms with Gasteiger partial charge in [0.2, 0.25) is 5.91 Å². The van der Waals surface area contributed by atoms with E-state index in [4.69, 9.17) is 0 Å². The Morgan fingerprint density at radius 2 is 2.21 bits per heavy atom. The first-order valence-corrected chi connectivity index (χ1v) is 4.97. The number of carbonyl (C=O) groups is 1. The monoisotopic (exact) mass is 190 g/mol. The van der Waals surface area contributed by atoms with Crippen LogP contribution in [0.25, 0.3) is 0 Å². The first-order valence-electron chi connectivity index (χ1n) is 4.97. The van der Waals surface area contributed by atoms with E-state index in [2.05, 4.69) is 12.3 Å². The summed E-state index contributed by atoms with van der Waals surface area (Å²) in [6, 6.07) is 7.90. The summed E-state index contributed by atoms with van der Waals surface area (Å²) < 4.78 is 0. The fraction of sp³-hybridized carbons (Fsp3) is 0.364. The van der Waals surface area contributed by atoms with Crippen molar-refractivity contribution in [2.45, 2.75) is 19.8 Å². The average molecular weight is 190 g/mol. The van der Waals surface area contributed by atoms with Gasteiger partial charge >= 0.3 is 0 Å². The molecule has 1 aliphatic rings. The van der Waals surface area contributed by atoms with Crippen LogP contribution in [0.3, 0.4) is 0 Å². The lowest BCUT2D eigenvalue weighted by Crippen LogP contribution is -2.40. The molecule has 3 heteroatoms. The minimum absolute atomic E-state index is 0.139. The molecular formula is C11H14N2O. The van der Waals surface area contributed by atoms with Crippen LogP contribution in [0, 0.1) is 0 Å². The van der Waals surface area contributed by atoms with E-state index in [9.17, 15) is 4.79 Å². The van der Waals surface area contributed by atoms with Crippen LogP contribution in [-0.2, 0) is 11.2 Å². The molecule has 1 aromatic carbocycles. The quantitative estimate of drug-likeness (QED) is 0.783. The number of amides is 1. The van der Waals surface area contributed by atoms with Crippen molar-refractivity contribution in [2.24, 2.45) is 0 Å². The second-order valence-electron chi connectivity index (χ2n) is 3.44. The summed E-state index contributed by atoms with van der Waals surface area (Å²) in [5.41, 5.74) is 5.24. The molecule has 0 atom stereocenters. The van der Waals surface area contributed by atoms with E-state index in [1.54, 1.807) is 5.01 Å². The van der Waals surface area contributed by atoms with Gasteiger partial charge in [0.1, 0.15) is 0 Å². The van der Waals surface area contributed by atoms with E-state index in [0.717, 1.165) is 24.2 Å². The zero-order valence-electron chi connectivity index (χ0n) is 8.29. The second kappa shape index (κ2) is 3.80. The summed E-state index contributed by atoms with van der Waals surface area (Å²) >= 11 is 0. The molecule has 1 aromatic rings. The number of hydrazine groups is 1. The summed E-state index contributed by atoms with van der Waals surface area (Å²) in [6.45, 7) is 2.92. The normalized spacial score (nSPS) is 14.6. The SMILES string of the molecule is CCCNN1C(=O)Cc2ccccc21. The van der Waals surface area contributed by atoms with Gasteiger partial charge < -0.3 is 0 Å². The fourth-order valence-electron chi connectivity index (χ4n) is 1.65. The van der Waals surface area contributed by atoms with Gasteiger partial charge in [0.15, 0.2) is 0 Å². The van der Waals surface area contributed by atoms with Crippen molar-refractivity contribution in [1.82, 2.24) is 5.43 Å². The zero-order valence-corrected chi connectivity index (χ0v) is 8.29. The minimum Gasteiger partial charge on any atom is -0.273 e. The third kappa shape index (κ3) is 1.51. The maximum absolute atomic E-state index is 11.6. The van der Waals surface area contributed by atoms with Crippen LogP contribution in [0.1, 0.15) is 18.9 Å². The lowest BCUT2D eigenvalue weighted by atomic mass is 10.2. The van der Waals surface area contributed by atoms with Gasteiger partial charge in [-0.2, -0.15) is 0 Å². The number of rotatable bonds is 3. The highest BCUT2D eigenvalue weighted by Gasteiger charge is 2.25. The Kier molecular flexibility index (Phi) is 2.50. The molecule has 0 spiro atoms. The van der Waals surface area contributed by atoms with Gasteiger partial charge in [-0.3, -0.25) is 4.79 Å². The van der Waals surface area contributed by atoms with Gasteiger partial charge in [-0.05, 0) is 18.1 Å². The van der Waals surface area contributed by atoms with E-state index in [1.807, 2.05) is 24.3 Å². The molecule has 14 heavy (non-hydrogen) atoms. The second-order valence-corrected chi connectivity index (χ2v) is 3.44. The Morgan fingerprint density at radius 3 is 3.00 bits per heavy atom. The molecule has 0 aliphatic carbocycles. The smallest absolute Gasteiger partial charge is 0.245 e. The molecule has 3 nitrogen and oxygen atoms in total. The lowest BCUT2D eigenvalue weighted by Gasteiger charge is -2.17. The van der Waals surface area contributed by atoms with Crippen LogP contribution in [-0.4, -0.2) is 12.5 Å². The fourth-order valence-corrected chi connectivity index (χ4v) is 1.65. The molecule has 0 aromatic heterocycles. The largest absolute Gasteiger partial charge is 0.273 e. The number of benzene rings is 1. The minimum atomic E-state index is 0.139. The van der Waals surface area contributed by atoms with Crippen LogP contribution in [0.2, 0.25) is 0 Å². The number of nitrogens with zero attached hydrogens (tertiary/aromatic N) is 1. The number of hydrogen-bond acceptors (Lipinski definition) is 2. The molecule has 1 N–H and O–H groups in total. The number of fused-ring (bicyclic) bond motifs is 1. The third-order valence-electron chi connectivity index (χ3n) is 2.34. The van der Waals surface area contributed by atoms with Gasteiger partial charge in [-0.15, -0.1) is 0 Å². The molecule has 0 saturated carbocycles. The molecule has 1 aliphatic heterocycles. The summed E-state index contributed by atoms with van der Waals surface area (Å²) in [5, 5.41) is 1.67. The van der Waals surface area contributed by atoms with Crippen LogP contribution in [0.15, 0.2) is 24.3 Å². The van der Waals surface area contributed by atoms with E-state index in [-0.39, 0.29) is 5.91 Å². The van der Waals surface area contributed by atoms with Crippen molar-refractivity contribution in [3.05, 3.63) is 29.8 Å². The van der Waals surface area contributed by atoms with Crippen molar-refractivity contribution < 1.29 is 4.79 Å². The molecular weight excluding hydrogens is 176 g/mol. The predicted molar refractivity (Wildman–Crippen MR) is 55.9 cm³/mol. The Labute approximate surface area is 83.7 Å². The molecule has 2 rings (SSSR count). The summed E-state index contributed by atoms with van der Waals surface area (Å²) in [7, 11) is 0. The number of anilines is 1. The number of hydrogen-bond donors (Lipinski definition) is 1. The van der Waals surface area contributed by atoms with Crippen molar-refractivity contribution in [3.8, 4) is 0 Å².